The average Bonchev–Trinajstić information content (AvgIpc) is 2.34. The predicted molar refractivity (Wildman–Crippen MR) is 65.4 cm³/mol. The minimum absolute atomic E-state index is 0.241. The molecule has 0 fully saturated rings. The summed E-state index contributed by atoms with van der Waals surface area (Å²) in [5.41, 5.74) is 5.90. The van der Waals surface area contributed by atoms with Gasteiger partial charge in [-0.05, 0) is 38.4 Å². The van der Waals surface area contributed by atoms with Crippen molar-refractivity contribution in [2.24, 2.45) is 5.73 Å². The number of aromatic nitrogens is 1. The van der Waals surface area contributed by atoms with Crippen LogP contribution in [0.2, 0.25) is 0 Å². The first-order valence-corrected chi connectivity index (χ1v) is 5.74. The SMILES string of the molecule is CNC(CCCCOC(N)=O)c1ccccn1. The number of primary amides is 1. The van der Waals surface area contributed by atoms with Crippen molar-refractivity contribution >= 4 is 6.09 Å². The summed E-state index contributed by atoms with van der Waals surface area (Å²) in [5, 5.41) is 3.22. The lowest BCUT2D eigenvalue weighted by molar-refractivity contribution is 0.154. The molecule has 0 saturated carbocycles. The van der Waals surface area contributed by atoms with Gasteiger partial charge >= 0.3 is 6.09 Å². The highest BCUT2D eigenvalue weighted by molar-refractivity contribution is 5.64. The molecule has 3 N–H and O–H groups in total. The van der Waals surface area contributed by atoms with Crippen molar-refractivity contribution in [3.05, 3.63) is 30.1 Å². The first-order valence-electron chi connectivity index (χ1n) is 5.74. The maximum atomic E-state index is 10.4. The molecule has 5 heteroatoms. The molecule has 0 aliphatic heterocycles. The zero-order chi connectivity index (χ0) is 12.5. The Morgan fingerprint density at radius 3 is 2.94 bits per heavy atom. The molecule has 1 unspecified atom stereocenters. The number of nitrogens with two attached hydrogens (primary N) is 1. The summed E-state index contributed by atoms with van der Waals surface area (Å²) in [7, 11) is 1.92. The number of carbonyl (C=O) groups is 1. The highest BCUT2D eigenvalue weighted by atomic mass is 16.5. The molecular weight excluding hydrogens is 218 g/mol. The highest BCUT2D eigenvalue weighted by Gasteiger charge is 2.09. The lowest BCUT2D eigenvalue weighted by Crippen LogP contribution is -2.18. The van der Waals surface area contributed by atoms with Crippen LogP contribution in [0, 0.1) is 0 Å². The zero-order valence-electron chi connectivity index (χ0n) is 10.1. The summed E-state index contributed by atoms with van der Waals surface area (Å²) in [5.74, 6) is 0. The van der Waals surface area contributed by atoms with Crippen molar-refractivity contribution in [1.82, 2.24) is 10.3 Å². The normalized spacial score (nSPS) is 12.1. The molecule has 1 atom stereocenters. The summed E-state index contributed by atoms with van der Waals surface area (Å²) in [6.07, 6.45) is 3.80. The maximum Gasteiger partial charge on any atom is 0.404 e. The van der Waals surface area contributed by atoms with Gasteiger partial charge in [0.15, 0.2) is 0 Å². The number of rotatable bonds is 7. The Balaban J connectivity index is 2.26. The van der Waals surface area contributed by atoms with E-state index in [1.807, 2.05) is 25.2 Å². The Labute approximate surface area is 101 Å². The third-order valence-electron chi connectivity index (χ3n) is 2.52. The van der Waals surface area contributed by atoms with E-state index in [2.05, 4.69) is 15.0 Å². The minimum Gasteiger partial charge on any atom is -0.450 e. The van der Waals surface area contributed by atoms with Crippen LogP contribution in [0.5, 0.6) is 0 Å². The fourth-order valence-corrected chi connectivity index (χ4v) is 1.65. The second-order valence-corrected chi connectivity index (χ2v) is 3.76. The Kier molecular flexibility index (Phi) is 6.03. The molecule has 0 aliphatic carbocycles. The quantitative estimate of drug-likeness (QED) is 0.706. The van der Waals surface area contributed by atoms with Crippen LogP contribution in [0.15, 0.2) is 24.4 Å². The minimum atomic E-state index is -0.708. The lowest BCUT2D eigenvalue weighted by Gasteiger charge is -2.15. The van der Waals surface area contributed by atoms with E-state index in [9.17, 15) is 4.79 Å². The number of ether oxygens (including phenoxy) is 1. The molecular formula is C12H19N3O2. The van der Waals surface area contributed by atoms with Gasteiger partial charge in [0.25, 0.3) is 0 Å². The summed E-state index contributed by atoms with van der Waals surface area (Å²) in [6, 6.07) is 6.12. The number of amides is 1. The molecule has 94 valence electrons. The second-order valence-electron chi connectivity index (χ2n) is 3.76. The summed E-state index contributed by atoms with van der Waals surface area (Å²) in [4.78, 5) is 14.7. The number of pyridine rings is 1. The van der Waals surface area contributed by atoms with E-state index in [1.165, 1.54) is 0 Å². The highest BCUT2D eigenvalue weighted by Crippen LogP contribution is 2.16. The zero-order valence-corrected chi connectivity index (χ0v) is 10.1. The van der Waals surface area contributed by atoms with Crippen molar-refractivity contribution < 1.29 is 9.53 Å². The average molecular weight is 237 g/mol. The monoisotopic (exact) mass is 237 g/mol. The fourth-order valence-electron chi connectivity index (χ4n) is 1.65. The van der Waals surface area contributed by atoms with Gasteiger partial charge in [0.2, 0.25) is 0 Å². The predicted octanol–water partition coefficient (Wildman–Crippen LogP) is 1.61. The molecule has 0 aliphatic rings. The van der Waals surface area contributed by atoms with Crippen LogP contribution in [-0.4, -0.2) is 24.7 Å². The second kappa shape index (κ2) is 7.62. The van der Waals surface area contributed by atoms with Crippen molar-refractivity contribution in [3.8, 4) is 0 Å². The van der Waals surface area contributed by atoms with Gasteiger partial charge in [-0.3, -0.25) is 4.98 Å². The fraction of sp³-hybridized carbons (Fsp3) is 0.500. The van der Waals surface area contributed by atoms with Gasteiger partial charge in [-0.2, -0.15) is 0 Å². The van der Waals surface area contributed by atoms with E-state index >= 15 is 0 Å². The van der Waals surface area contributed by atoms with Crippen LogP contribution in [0.4, 0.5) is 4.79 Å². The molecule has 0 saturated heterocycles. The number of hydrogen-bond acceptors (Lipinski definition) is 4. The summed E-state index contributed by atoms with van der Waals surface area (Å²) in [6.45, 7) is 0.383. The third-order valence-corrected chi connectivity index (χ3v) is 2.52. The maximum absolute atomic E-state index is 10.4. The Morgan fingerprint density at radius 2 is 2.35 bits per heavy atom. The van der Waals surface area contributed by atoms with Gasteiger partial charge in [-0.1, -0.05) is 6.07 Å². The van der Waals surface area contributed by atoms with Gasteiger partial charge in [0, 0.05) is 12.2 Å². The number of nitrogens with one attached hydrogen (secondary N) is 1. The van der Waals surface area contributed by atoms with Crippen LogP contribution >= 0.6 is 0 Å². The molecule has 0 spiro atoms. The lowest BCUT2D eigenvalue weighted by atomic mass is 10.1. The van der Waals surface area contributed by atoms with E-state index in [1.54, 1.807) is 6.20 Å². The molecule has 1 amide bonds. The summed E-state index contributed by atoms with van der Waals surface area (Å²) < 4.78 is 4.67. The van der Waals surface area contributed by atoms with Crippen LogP contribution in [0.1, 0.15) is 31.0 Å². The van der Waals surface area contributed by atoms with Crippen molar-refractivity contribution in [2.75, 3.05) is 13.7 Å². The van der Waals surface area contributed by atoms with Gasteiger partial charge < -0.3 is 15.8 Å². The molecule has 17 heavy (non-hydrogen) atoms. The molecule has 0 aromatic carbocycles. The molecule has 0 bridgehead atoms. The number of nitrogens with zero attached hydrogens (tertiary/aromatic N) is 1. The topological polar surface area (TPSA) is 77.2 Å². The Hall–Kier alpha value is -1.62. The standard InChI is InChI=1S/C12H19N3O2/c1-14-10(11-7-2-4-8-15-11)6-3-5-9-17-12(13)16/h2,4,7-8,10,14H,3,5-6,9H2,1H3,(H2,13,16). The van der Waals surface area contributed by atoms with Crippen LogP contribution in [0.25, 0.3) is 0 Å². The van der Waals surface area contributed by atoms with Crippen LogP contribution < -0.4 is 11.1 Å². The molecule has 1 heterocycles. The molecule has 5 nitrogen and oxygen atoms in total. The Bertz CT molecular complexity index is 330. The number of hydrogen-bond donors (Lipinski definition) is 2. The summed E-state index contributed by atoms with van der Waals surface area (Å²) >= 11 is 0. The Morgan fingerprint density at radius 1 is 1.53 bits per heavy atom. The molecule has 1 aromatic rings. The van der Waals surface area contributed by atoms with Crippen LogP contribution in [-0.2, 0) is 4.74 Å². The van der Waals surface area contributed by atoms with E-state index in [-0.39, 0.29) is 6.04 Å². The van der Waals surface area contributed by atoms with Gasteiger partial charge in [0.1, 0.15) is 0 Å². The third kappa shape index (κ3) is 5.31. The van der Waals surface area contributed by atoms with Gasteiger partial charge in [0.05, 0.1) is 12.3 Å². The van der Waals surface area contributed by atoms with Crippen LogP contribution in [0.3, 0.4) is 0 Å². The molecule has 0 radical (unpaired) electrons. The number of unbranched alkanes of at least 4 members (excludes halogenated alkanes) is 1. The van der Waals surface area contributed by atoms with Crippen molar-refractivity contribution in [2.45, 2.75) is 25.3 Å². The molecule has 1 rings (SSSR count). The van der Waals surface area contributed by atoms with E-state index < -0.39 is 6.09 Å². The largest absolute Gasteiger partial charge is 0.450 e. The van der Waals surface area contributed by atoms with E-state index in [0.29, 0.717) is 6.61 Å². The van der Waals surface area contributed by atoms with Gasteiger partial charge in [-0.15, -0.1) is 0 Å². The van der Waals surface area contributed by atoms with E-state index in [0.717, 1.165) is 25.0 Å². The first kappa shape index (κ1) is 13.4. The van der Waals surface area contributed by atoms with Crippen molar-refractivity contribution in [3.63, 3.8) is 0 Å². The molecule has 1 aromatic heterocycles. The smallest absolute Gasteiger partial charge is 0.404 e. The van der Waals surface area contributed by atoms with Crippen molar-refractivity contribution in [1.29, 1.82) is 0 Å². The van der Waals surface area contributed by atoms with Gasteiger partial charge in [-0.25, -0.2) is 4.79 Å². The van der Waals surface area contributed by atoms with E-state index in [4.69, 9.17) is 5.73 Å². The first-order chi connectivity index (χ1) is 8.24. The number of carbonyl (C=O) groups excluding carboxylic acids is 1.